The molecular formula is C17H21FN2O2S. The Kier molecular flexibility index (Phi) is 5.71. The lowest BCUT2D eigenvalue weighted by atomic mass is 10.1. The molecule has 0 saturated carbocycles. The number of amides is 1. The van der Waals surface area contributed by atoms with E-state index < -0.39 is 5.82 Å². The Hall–Kier alpha value is -1.95. The smallest absolute Gasteiger partial charge is 0.263 e. The van der Waals surface area contributed by atoms with Crippen molar-refractivity contribution in [1.82, 2.24) is 10.3 Å². The van der Waals surface area contributed by atoms with Gasteiger partial charge in [0.05, 0.1) is 17.8 Å². The van der Waals surface area contributed by atoms with Crippen LogP contribution in [0.15, 0.2) is 18.2 Å². The normalized spacial score (nSPS) is 10.9. The average molecular weight is 336 g/mol. The zero-order valence-corrected chi connectivity index (χ0v) is 14.6. The van der Waals surface area contributed by atoms with Crippen LogP contribution in [0.25, 0.3) is 0 Å². The van der Waals surface area contributed by atoms with Crippen LogP contribution in [0.4, 0.5) is 4.39 Å². The summed E-state index contributed by atoms with van der Waals surface area (Å²) in [5, 5.41) is 3.78. The van der Waals surface area contributed by atoms with Crippen LogP contribution in [0, 0.1) is 18.7 Å². The Bertz CT molecular complexity index is 698. The van der Waals surface area contributed by atoms with Crippen LogP contribution >= 0.6 is 11.3 Å². The second kappa shape index (κ2) is 7.55. The number of nitrogens with one attached hydrogen (secondary N) is 1. The van der Waals surface area contributed by atoms with Crippen molar-refractivity contribution in [2.75, 3.05) is 7.11 Å². The van der Waals surface area contributed by atoms with E-state index in [1.165, 1.54) is 24.5 Å². The summed E-state index contributed by atoms with van der Waals surface area (Å²) in [5.74, 6) is 0.0779. The van der Waals surface area contributed by atoms with Gasteiger partial charge in [0, 0.05) is 13.0 Å². The fourth-order valence-corrected chi connectivity index (χ4v) is 3.38. The molecule has 0 fully saturated rings. The molecular weight excluding hydrogens is 315 g/mol. The lowest BCUT2D eigenvalue weighted by molar-refractivity contribution is 0.0954. The second-order valence-electron chi connectivity index (χ2n) is 5.77. The third-order valence-electron chi connectivity index (χ3n) is 3.30. The Morgan fingerprint density at radius 1 is 1.43 bits per heavy atom. The molecule has 1 aromatic carbocycles. The number of rotatable bonds is 6. The van der Waals surface area contributed by atoms with Crippen LogP contribution in [-0.2, 0) is 13.0 Å². The van der Waals surface area contributed by atoms with Gasteiger partial charge in [-0.1, -0.05) is 19.9 Å². The summed E-state index contributed by atoms with van der Waals surface area (Å²) >= 11 is 1.42. The van der Waals surface area contributed by atoms with Gasteiger partial charge in [0.25, 0.3) is 5.91 Å². The van der Waals surface area contributed by atoms with Crippen LogP contribution in [0.1, 0.15) is 39.8 Å². The number of hydrogen-bond acceptors (Lipinski definition) is 4. The number of nitrogens with zero attached hydrogens (tertiary/aromatic N) is 1. The number of carbonyl (C=O) groups is 1. The quantitative estimate of drug-likeness (QED) is 0.874. The molecule has 2 rings (SSSR count). The average Bonchev–Trinajstić information content (AvgIpc) is 2.84. The molecule has 0 aliphatic heterocycles. The van der Waals surface area contributed by atoms with E-state index in [2.05, 4.69) is 24.1 Å². The van der Waals surface area contributed by atoms with Gasteiger partial charge < -0.3 is 10.1 Å². The third-order valence-corrected chi connectivity index (χ3v) is 4.48. The Balaban J connectivity index is 2.02. The van der Waals surface area contributed by atoms with Crippen LogP contribution in [0.2, 0.25) is 0 Å². The molecule has 1 aromatic heterocycles. The van der Waals surface area contributed by atoms with Gasteiger partial charge in [-0.15, -0.1) is 11.3 Å². The van der Waals surface area contributed by atoms with E-state index in [1.807, 2.05) is 6.92 Å². The van der Waals surface area contributed by atoms with Gasteiger partial charge in [0.2, 0.25) is 0 Å². The van der Waals surface area contributed by atoms with Gasteiger partial charge in [-0.05, 0) is 30.5 Å². The number of aromatic nitrogens is 1. The lowest BCUT2D eigenvalue weighted by Gasteiger charge is -2.06. The molecule has 1 heterocycles. The molecule has 0 aliphatic carbocycles. The van der Waals surface area contributed by atoms with E-state index in [9.17, 15) is 9.18 Å². The van der Waals surface area contributed by atoms with Crippen molar-refractivity contribution < 1.29 is 13.9 Å². The van der Waals surface area contributed by atoms with E-state index in [1.54, 1.807) is 12.1 Å². The van der Waals surface area contributed by atoms with E-state index in [0.29, 0.717) is 16.4 Å². The number of ether oxygens (including phenoxy) is 1. The molecule has 23 heavy (non-hydrogen) atoms. The largest absolute Gasteiger partial charge is 0.494 e. The highest BCUT2D eigenvalue weighted by atomic mass is 32.1. The van der Waals surface area contributed by atoms with Gasteiger partial charge in [0.1, 0.15) is 4.88 Å². The summed E-state index contributed by atoms with van der Waals surface area (Å²) in [6.07, 6.45) is 0.864. The second-order valence-corrected chi connectivity index (χ2v) is 6.86. The monoisotopic (exact) mass is 336 g/mol. The summed E-state index contributed by atoms with van der Waals surface area (Å²) in [4.78, 5) is 17.4. The summed E-state index contributed by atoms with van der Waals surface area (Å²) in [7, 11) is 1.42. The standard InChI is InChI=1S/C17H21FN2O2S/c1-10(2)7-15-20-11(3)16(23-15)17(21)19-9-12-5-6-14(22-4)13(18)8-12/h5-6,8,10H,7,9H2,1-4H3,(H,19,21). The van der Waals surface area contributed by atoms with Crippen molar-refractivity contribution in [1.29, 1.82) is 0 Å². The first kappa shape index (κ1) is 17.4. The summed E-state index contributed by atoms with van der Waals surface area (Å²) in [6.45, 7) is 6.34. The van der Waals surface area contributed by atoms with Crippen LogP contribution in [0.3, 0.4) is 0 Å². The Morgan fingerprint density at radius 3 is 2.78 bits per heavy atom. The van der Waals surface area contributed by atoms with Crippen LogP contribution in [0.5, 0.6) is 5.75 Å². The van der Waals surface area contributed by atoms with Crippen molar-refractivity contribution in [3.63, 3.8) is 0 Å². The van der Waals surface area contributed by atoms with Gasteiger partial charge >= 0.3 is 0 Å². The molecule has 0 atom stereocenters. The molecule has 4 nitrogen and oxygen atoms in total. The predicted molar refractivity (Wildman–Crippen MR) is 89.5 cm³/mol. The fourth-order valence-electron chi connectivity index (χ4n) is 2.18. The van der Waals surface area contributed by atoms with Crippen molar-refractivity contribution in [3.8, 4) is 5.75 Å². The molecule has 0 unspecified atom stereocenters. The van der Waals surface area contributed by atoms with E-state index >= 15 is 0 Å². The number of thiazole rings is 1. The van der Waals surface area contributed by atoms with E-state index in [4.69, 9.17) is 4.74 Å². The summed E-state index contributed by atoms with van der Waals surface area (Å²) < 4.78 is 18.5. The number of aryl methyl sites for hydroxylation is 1. The highest BCUT2D eigenvalue weighted by molar-refractivity contribution is 7.13. The van der Waals surface area contributed by atoms with E-state index in [0.717, 1.165) is 17.1 Å². The number of methoxy groups -OCH3 is 1. The number of carbonyl (C=O) groups excluding carboxylic acids is 1. The lowest BCUT2D eigenvalue weighted by Crippen LogP contribution is -2.22. The molecule has 0 bridgehead atoms. The maximum absolute atomic E-state index is 13.6. The minimum atomic E-state index is -0.438. The first-order valence-electron chi connectivity index (χ1n) is 7.47. The number of benzene rings is 1. The summed E-state index contributed by atoms with van der Waals surface area (Å²) in [5.41, 5.74) is 1.42. The highest BCUT2D eigenvalue weighted by Gasteiger charge is 2.16. The van der Waals surface area contributed by atoms with Crippen LogP contribution < -0.4 is 10.1 Å². The van der Waals surface area contributed by atoms with Gasteiger partial charge in [-0.3, -0.25) is 4.79 Å². The predicted octanol–water partition coefficient (Wildman–Crippen LogP) is 3.73. The first-order valence-corrected chi connectivity index (χ1v) is 8.29. The zero-order chi connectivity index (χ0) is 17.0. The SMILES string of the molecule is COc1ccc(CNC(=O)c2sc(CC(C)C)nc2C)cc1F. The molecule has 0 aliphatic rings. The summed E-state index contributed by atoms with van der Waals surface area (Å²) in [6, 6.07) is 4.64. The van der Waals surface area contributed by atoms with Crippen molar-refractivity contribution in [3.05, 3.63) is 45.2 Å². The topological polar surface area (TPSA) is 51.2 Å². The van der Waals surface area contributed by atoms with Gasteiger partial charge in [-0.2, -0.15) is 0 Å². The molecule has 2 aromatic rings. The first-order chi connectivity index (χ1) is 10.9. The molecule has 124 valence electrons. The van der Waals surface area contributed by atoms with Gasteiger partial charge in [0.15, 0.2) is 11.6 Å². The highest BCUT2D eigenvalue weighted by Crippen LogP contribution is 2.21. The molecule has 0 radical (unpaired) electrons. The van der Waals surface area contributed by atoms with Crippen LogP contribution in [-0.4, -0.2) is 18.0 Å². The van der Waals surface area contributed by atoms with Crippen molar-refractivity contribution in [2.24, 2.45) is 5.92 Å². The van der Waals surface area contributed by atoms with E-state index in [-0.39, 0.29) is 18.2 Å². The Morgan fingerprint density at radius 2 is 2.17 bits per heavy atom. The zero-order valence-electron chi connectivity index (χ0n) is 13.8. The molecule has 1 N–H and O–H groups in total. The number of halogens is 1. The van der Waals surface area contributed by atoms with Gasteiger partial charge in [-0.25, -0.2) is 9.37 Å². The maximum Gasteiger partial charge on any atom is 0.263 e. The minimum Gasteiger partial charge on any atom is -0.494 e. The molecule has 1 amide bonds. The number of hydrogen-bond donors (Lipinski definition) is 1. The fraction of sp³-hybridized carbons (Fsp3) is 0.412. The van der Waals surface area contributed by atoms with Crippen molar-refractivity contribution in [2.45, 2.75) is 33.7 Å². The maximum atomic E-state index is 13.6. The molecule has 0 spiro atoms. The Labute approximate surface area is 139 Å². The minimum absolute atomic E-state index is 0.175. The van der Waals surface area contributed by atoms with Crippen molar-refractivity contribution >= 4 is 17.2 Å². The molecule has 0 saturated heterocycles. The molecule has 6 heteroatoms. The third kappa shape index (κ3) is 4.51.